The van der Waals surface area contributed by atoms with Crippen molar-refractivity contribution in [1.82, 2.24) is 0 Å². The lowest BCUT2D eigenvalue weighted by Crippen LogP contribution is -2.53. The van der Waals surface area contributed by atoms with Crippen LogP contribution < -0.4 is 0 Å². The van der Waals surface area contributed by atoms with Crippen molar-refractivity contribution in [2.24, 2.45) is 0 Å². The van der Waals surface area contributed by atoms with Gasteiger partial charge in [-0.15, -0.1) is 0 Å². The van der Waals surface area contributed by atoms with E-state index in [2.05, 4.69) is 13.3 Å². The maximum Gasteiger partial charge on any atom is 0.613 e. The Balaban J connectivity index is 5.53. The van der Waals surface area contributed by atoms with E-state index in [4.69, 9.17) is 11.1 Å². The molecule has 20 heteroatoms. The van der Waals surface area contributed by atoms with Crippen molar-refractivity contribution >= 4 is 19.2 Å². The molecule has 29 heavy (non-hydrogen) atoms. The average molecular weight is 511 g/mol. The molecule has 0 amide bonds. The maximum absolute atomic E-state index is 12.7. The minimum atomic E-state index is -6.41. The van der Waals surface area contributed by atoms with Gasteiger partial charge in [-0.05, 0) is 0 Å². The summed E-state index contributed by atoms with van der Waals surface area (Å²) in [5.41, 5.74) is 0. The summed E-state index contributed by atoms with van der Waals surface area (Å²) in [4.78, 5) is 0. The molecular formula is C9H6ClF15O3Si. The van der Waals surface area contributed by atoms with Crippen molar-refractivity contribution in [3.8, 4) is 0 Å². The molecule has 0 aromatic heterocycles. The lowest BCUT2D eigenvalue weighted by atomic mass is 10.3. The van der Waals surface area contributed by atoms with Gasteiger partial charge in [-0.3, -0.25) is 0 Å². The van der Waals surface area contributed by atoms with Gasteiger partial charge in [0, 0.05) is 0 Å². The monoisotopic (exact) mass is 510 g/mol. The van der Waals surface area contributed by atoms with Crippen LogP contribution >= 0.6 is 11.1 Å². The number of alkyl halides is 15. The largest absolute Gasteiger partial charge is 0.613 e. The van der Waals surface area contributed by atoms with Gasteiger partial charge in [-0.2, -0.15) is 65.9 Å². The van der Waals surface area contributed by atoms with Gasteiger partial charge in [0.25, 0.3) is 0 Å². The summed E-state index contributed by atoms with van der Waals surface area (Å²) in [6, 6.07) is 0. The fourth-order valence-electron chi connectivity index (χ4n) is 0.901. The van der Waals surface area contributed by atoms with E-state index in [1.807, 2.05) is 0 Å². The van der Waals surface area contributed by atoms with Crippen LogP contribution in [0, 0.1) is 0 Å². The normalized spacial score (nSPS) is 15.7. The van der Waals surface area contributed by atoms with Crippen LogP contribution in [0.5, 0.6) is 0 Å². The predicted molar refractivity (Wildman–Crippen MR) is 62.5 cm³/mol. The van der Waals surface area contributed by atoms with E-state index in [1.165, 1.54) is 0 Å². The van der Waals surface area contributed by atoms with Crippen LogP contribution in [-0.4, -0.2) is 64.2 Å². The number of hydrogen-bond acceptors (Lipinski definition) is 3. The zero-order chi connectivity index (χ0) is 23.7. The molecule has 0 saturated carbocycles. The third kappa shape index (κ3) is 7.83. The van der Waals surface area contributed by atoms with Crippen LogP contribution in [-0.2, 0) is 13.3 Å². The smallest absolute Gasteiger partial charge is 0.355 e. The highest BCUT2D eigenvalue weighted by Crippen LogP contribution is 2.40. The van der Waals surface area contributed by atoms with Gasteiger partial charge in [0.2, 0.25) is 0 Å². The fraction of sp³-hybridized carbons (Fsp3) is 1.00. The van der Waals surface area contributed by atoms with Crippen molar-refractivity contribution < 1.29 is 79.1 Å². The van der Waals surface area contributed by atoms with Crippen LogP contribution in [0.3, 0.4) is 0 Å². The molecule has 0 N–H and O–H groups in total. The van der Waals surface area contributed by atoms with E-state index in [0.717, 1.165) is 0 Å². The van der Waals surface area contributed by atoms with Crippen molar-refractivity contribution in [2.45, 2.75) is 36.3 Å². The molecule has 0 radical (unpaired) electrons. The summed E-state index contributed by atoms with van der Waals surface area (Å²) in [5, 5.41) is 0. The molecule has 0 fully saturated rings. The van der Waals surface area contributed by atoms with Gasteiger partial charge in [0.1, 0.15) is 19.8 Å². The first-order chi connectivity index (χ1) is 12.4. The maximum atomic E-state index is 12.7. The molecule has 0 spiro atoms. The molecule has 0 aliphatic rings. The lowest BCUT2D eigenvalue weighted by Gasteiger charge is -2.30. The highest BCUT2D eigenvalue weighted by Gasteiger charge is 2.64. The third-order valence-corrected chi connectivity index (χ3v) is 4.97. The van der Waals surface area contributed by atoms with Crippen molar-refractivity contribution in [1.29, 1.82) is 0 Å². The quantitative estimate of drug-likeness (QED) is 0.239. The second-order valence-electron chi connectivity index (χ2n) is 4.95. The van der Waals surface area contributed by atoms with Crippen LogP contribution in [0.15, 0.2) is 0 Å². The summed E-state index contributed by atoms with van der Waals surface area (Å²) in [6.45, 7) is -9.04. The Morgan fingerprint density at radius 3 is 0.759 bits per heavy atom. The summed E-state index contributed by atoms with van der Waals surface area (Å²) < 4.78 is 195. The Hall–Kier alpha value is -0.663. The Labute approximate surface area is 155 Å². The van der Waals surface area contributed by atoms with Gasteiger partial charge in [0.05, 0.1) is 0 Å². The molecule has 0 atom stereocenters. The zero-order valence-corrected chi connectivity index (χ0v) is 14.6. The van der Waals surface area contributed by atoms with Gasteiger partial charge in [0.15, 0.2) is 0 Å². The fourth-order valence-corrected chi connectivity index (χ4v) is 2.70. The van der Waals surface area contributed by atoms with Crippen LogP contribution in [0.4, 0.5) is 65.9 Å². The first-order valence-corrected chi connectivity index (χ1v) is 9.05. The van der Waals surface area contributed by atoms with Crippen LogP contribution in [0.25, 0.3) is 0 Å². The van der Waals surface area contributed by atoms with E-state index in [9.17, 15) is 65.9 Å². The van der Waals surface area contributed by atoms with Crippen molar-refractivity contribution in [3.05, 3.63) is 0 Å². The summed E-state index contributed by atoms with van der Waals surface area (Å²) >= 11 is 4.88. The van der Waals surface area contributed by atoms with Crippen LogP contribution in [0.1, 0.15) is 0 Å². The predicted octanol–water partition coefficient (Wildman–Crippen LogP) is 5.30. The van der Waals surface area contributed by atoms with Gasteiger partial charge in [-0.1, -0.05) is 11.1 Å². The highest BCUT2D eigenvalue weighted by atomic mass is 35.6. The molecule has 0 aromatic rings. The first-order valence-electron chi connectivity index (χ1n) is 6.31. The SMILES string of the molecule is FC(F)(F)C(F)(F)CO[Si](Cl)(OCC(F)(F)C(F)(F)F)OCC(F)(F)C(F)(F)F. The Bertz CT molecular complexity index is 469. The highest BCUT2D eigenvalue weighted by molar-refractivity contribution is 7.09. The number of rotatable bonds is 9. The molecule has 0 aromatic carbocycles. The standard InChI is InChI=1S/C9H6ClF15O3Si/c10-29(26-1-4(11,12)7(17,18)19,27-2-5(13,14)8(20,21)22)28-3-6(15,16)9(23,24)25/h1-3H2. The van der Waals surface area contributed by atoms with Gasteiger partial charge in [-0.25, -0.2) is 0 Å². The molecule has 0 unspecified atom stereocenters. The molecule has 176 valence electrons. The van der Waals surface area contributed by atoms with Crippen LogP contribution in [0.2, 0.25) is 0 Å². The summed E-state index contributed by atoms with van der Waals surface area (Å²) in [6.07, 6.45) is -19.2. The average Bonchev–Trinajstić information content (AvgIpc) is 2.46. The Morgan fingerprint density at radius 1 is 0.448 bits per heavy atom. The van der Waals surface area contributed by atoms with Crippen molar-refractivity contribution in [2.75, 3.05) is 19.8 Å². The van der Waals surface area contributed by atoms with E-state index in [-0.39, 0.29) is 0 Å². The second-order valence-corrected chi connectivity index (χ2v) is 8.17. The van der Waals surface area contributed by atoms with Gasteiger partial charge < -0.3 is 13.3 Å². The molecule has 0 aliphatic carbocycles. The van der Waals surface area contributed by atoms with E-state index < -0.39 is 64.2 Å². The Morgan fingerprint density at radius 2 is 0.621 bits per heavy atom. The molecule has 0 aliphatic heterocycles. The topological polar surface area (TPSA) is 27.7 Å². The molecule has 0 rings (SSSR count). The van der Waals surface area contributed by atoms with E-state index in [1.54, 1.807) is 0 Å². The van der Waals surface area contributed by atoms with E-state index in [0.29, 0.717) is 0 Å². The summed E-state index contributed by atoms with van der Waals surface area (Å²) in [5.74, 6) is -17.6. The molecule has 0 saturated heterocycles. The third-order valence-electron chi connectivity index (χ3n) is 2.52. The first kappa shape index (κ1) is 28.3. The summed E-state index contributed by atoms with van der Waals surface area (Å²) in [7, 11) is -6.28. The lowest BCUT2D eigenvalue weighted by molar-refractivity contribution is -0.303. The Kier molecular flexibility index (Phi) is 8.27. The minimum Gasteiger partial charge on any atom is -0.355 e. The molecule has 3 nitrogen and oxygen atoms in total. The van der Waals surface area contributed by atoms with Crippen molar-refractivity contribution in [3.63, 3.8) is 0 Å². The second kappa shape index (κ2) is 8.46. The molecular weight excluding hydrogens is 505 g/mol. The number of halogens is 16. The molecule has 0 heterocycles. The minimum absolute atomic E-state index is 3.01. The zero-order valence-electron chi connectivity index (χ0n) is 12.9. The molecule has 0 bridgehead atoms. The van der Waals surface area contributed by atoms with Gasteiger partial charge >= 0.3 is 44.4 Å². The number of hydrogen-bond donors (Lipinski definition) is 0. The van der Waals surface area contributed by atoms with E-state index >= 15 is 0 Å².